The first-order valence-electron chi connectivity index (χ1n) is 7.61. The van der Waals surface area contributed by atoms with Crippen molar-refractivity contribution in [1.29, 1.82) is 0 Å². The molecule has 1 amide bonds. The summed E-state index contributed by atoms with van der Waals surface area (Å²) in [5.74, 6) is 0.704. The van der Waals surface area contributed by atoms with E-state index in [2.05, 4.69) is 44.8 Å². The maximum absolute atomic E-state index is 11.7. The van der Waals surface area contributed by atoms with Crippen LogP contribution >= 0.6 is 0 Å². The van der Waals surface area contributed by atoms with Crippen molar-refractivity contribution < 1.29 is 4.79 Å². The van der Waals surface area contributed by atoms with Gasteiger partial charge in [0.1, 0.15) is 0 Å². The zero-order valence-electron chi connectivity index (χ0n) is 13.4. The van der Waals surface area contributed by atoms with Crippen molar-refractivity contribution in [3.63, 3.8) is 0 Å². The van der Waals surface area contributed by atoms with Gasteiger partial charge in [-0.3, -0.25) is 9.69 Å². The second-order valence-corrected chi connectivity index (χ2v) is 6.00. The molecule has 0 aromatic rings. The first-order chi connectivity index (χ1) is 8.88. The summed E-state index contributed by atoms with van der Waals surface area (Å²) in [6, 6.07) is 1.03. The molecule has 0 aromatic heterocycles. The number of hydrogen-bond donors (Lipinski definition) is 2. The molecule has 0 fully saturated rings. The number of nitrogens with zero attached hydrogens (tertiary/aromatic N) is 1. The highest BCUT2D eigenvalue weighted by Crippen LogP contribution is 2.08. The number of carbonyl (C=O) groups excluding carboxylic acids is 1. The van der Waals surface area contributed by atoms with Crippen molar-refractivity contribution in [2.75, 3.05) is 19.6 Å². The molecule has 1 unspecified atom stereocenters. The average molecular weight is 271 g/mol. The monoisotopic (exact) mass is 271 g/mol. The Kier molecular flexibility index (Phi) is 9.88. The van der Waals surface area contributed by atoms with Crippen LogP contribution < -0.4 is 11.1 Å². The molecule has 1 atom stereocenters. The number of nitrogens with one attached hydrogen (secondary N) is 1. The third kappa shape index (κ3) is 9.00. The van der Waals surface area contributed by atoms with Crippen LogP contribution in [0.5, 0.6) is 0 Å². The summed E-state index contributed by atoms with van der Waals surface area (Å²) < 4.78 is 0. The van der Waals surface area contributed by atoms with E-state index in [4.69, 9.17) is 5.73 Å². The standard InChI is InChI=1S/C15H33N3O/c1-12(2)18(13(3)4)11-10-17-15(19)7-6-14(5)8-9-16/h12-14H,6-11,16H2,1-5H3,(H,17,19). The van der Waals surface area contributed by atoms with Crippen molar-refractivity contribution in [3.8, 4) is 0 Å². The molecule has 0 bridgehead atoms. The topological polar surface area (TPSA) is 58.4 Å². The lowest BCUT2D eigenvalue weighted by Gasteiger charge is -2.30. The minimum atomic E-state index is 0.163. The van der Waals surface area contributed by atoms with Crippen LogP contribution in [-0.2, 0) is 4.79 Å². The van der Waals surface area contributed by atoms with E-state index in [0.29, 0.717) is 31.0 Å². The number of rotatable bonds is 10. The zero-order chi connectivity index (χ0) is 14.8. The largest absolute Gasteiger partial charge is 0.355 e. The fraction of sp³-hybridized carbons (Fsp3) is 0.933. The van der Waals surface area contributed by atoms with Gasteiger partial charge in [0.2, 0.25) is 5.91 Å². The van der Waals surface area contributed by atoms with Crippen LogP contribution in [0.25, 0.3) is 0 Å². The van der Waals surface area contributed by atoms with Crippen LogP contribution in [0.3, 0.4) is 0 Å². The average Bonchev–Trinajstić information content (AvgIpc) is 2.31. The molecule has 0 saturated carbocycles. The van der Waals surface area contributed by atoms with Crippen molar-refractivity contribution in [2.24, 2.45) is 11.7 Å². The van der Waals surface area contributed by atoms with Gasteiger partial charge in [0.05, 0.1) is 0 Å². The molecule has 4 heteroatoms. The van der Waals surface area contributed by atoms with Gasteiger partial charge in [-0.25, -0.2) is 0 Å². The smallest absolute Gasteiger partial charge is 0.220 e. The van der Waals surface area contributed by atoms with Crippen LogP contribution in [0, 0.1) is 5.92 Å². The van der Waals surface area contributed by atoms with Crippen LogP contribution in [0.4, 0.5) is 0 Å². The molecule has 0 heterocycles. The molecule has 0 aromatic carbocycles. The SMILES string of the molecule is CC(CCN)CCC(=O)NCCN(C(C)C)C(C)C. The summed E-state index contributed by atoms with van der Waals surface area (Å²) in [6.07, 6.45) is 2.55. The van der Waals surface area contributed by atoms with Crippen LogP contribution in [0.1, 0.15) is 53.9 Å². The van der Waals surface area contributed by atoms with Crippen molar-refractivity contribution in [3.05, 3.63) is 0 Å². The summed E-state index contributed by atoms with van der Waals surface area (Å²) in [5.41, 5.74) is 5.50. The maximum atomic E-state index is 11.7. The minimum Gasteiger partial charge on any atom is -0.355 e. The van der Waals surface area contributed by atoms with E-state index in [0.717, 1.165) is 25.9 Å². The molecule has 0 aliphatic rings. The lowest BCUT2D eigenvalue weighted by atomic mass is 10.0. The molecule has 3 N–H and O–H groups in total. The molecule has 0 saturated heterocycles. The predicted octanol–water partition coefficient (Wildman–Crippen LogP) is 1.99. The summed E-state index contributed by atoms with van der Waals surface area (Å²) >= 11 is 0. The van der Waals surface area contributed by atoms with E-state index in [9.17, 15) is 4.79 Å². The Bertz CT molecular complexity index is 234. The third-order valence-electron chi connectivity index (χ3n) is 3.54. The fourth-order valence-electron chi connectivity index (χ4n) is 2.33. The van der Waals surface area contributed by atoms with Gasteiger partial charge in [-0.1, -0.05) is 6.92 Å². The lowest BCUT2D eigenvalue weighted by Crippen LogP contribution is -2.42. The first kappa shape index (κ1) is 18.4. The Labute approximate surface area is 119 Å². The second kappa shape index (κ2) is 10.2. The molecule has 0 spiro atoms. The van der Waals surface area contributed by atoms with Gasteiger partial charge in [-0.2, -0.15) is 0 Å². The van der Waals surface area contributed by atoms with Crippen LogP contribution in [0.2, 0.25) is 0 Å². The lowest BCUT2D eigenvalue weighted by molar-refractivity contribution is -0.121. The van der Waals surface area contributed by atoms with Gasteiger partial charge >= 0.3 is 0 Å². The van der Waals surface area contributed by atoms with Crippen LogP contribution in [-0.4, -0.2) is 42.5 Å². The van der Waals surface area contributed by atoms with E-state index in [1.54, 1.807) is 0 Å². The summed E-state index contributed by atoms with van der Waals surface area (Å²) in [5, 5.41) is 3.01. The number of carbonyl (C=O) groups is 1. The summed E-state index contributed by atoms with van der Waals surface area (Å²) in [7, 11) is 0. The van der Waals surface area contributed by atoms with Crippen molar-refractivity contribution in [2.45, 2.75) is 66.0 Å². The summed E-state index contributed by atoms with van der Waals surface area (Å²) in [4.78, 5) is 14.1. The van der Waals surface area contributed by atoms with Gasteiger partial charge in [0.15, 0.2) is 0 Å². The Morgan fingerprint density at radius 2 is 1.68 bits per heavy atom. The normalized spacial score (nSPS) is 13.3. The van der Waals surface area contributed by atoms with E-state index < -0.39 is 0 Å². The molecule has 0 aliphatic heterocycles. The molecule has 0 rings (SSSR count). The van der Waals surface area contributed by atoms with Crippen molar-refractivity contribution in [1.82, 2.24) is 10.2 Å². The van der Waals surface area contributed by atoms with Crippen molar-refractivity contribution >= 4 is 5.91 Å². The van der Waals surface area contributed by atoms with E-state index in [1.807, 2.05) is 0 Å². The van der Waals surface area contributed by atoms with E-state index in [1.165, 1.54) is 0 Å². The van der Waals surface area contributed by atoms with E-state index >= 15 is 0 Å². The van der Waals surface area contributed by atoms with E-state index in [-0.39, 0.29) is 5.91 Å². The first-order valence-corrected chi connectivity index (χ1v) is 7.61. The number of nitrogens with two attached hydrogens (primary N) is 1. The second-order valence-electron chi connectivity index (χ2n) is 6.00. The molecule has 0 radical (unpaired) electrons. The predicted molar refractivity (Wildman–Crippen MR) is 82.1 cm³/mol. The Balaban J connectivity index is 3.78. The molecular formula is C15H33N3O. The fourth-order valence-corrected chi connectivity index (χ4v) is 2.33. The Morgan fingerprint density at radius 1 is 1.11 bits per heavy atom. The van der Waals surface area contributed by atoms with Gasteiger partial charge in [0, 0.05) is 31.6 Å². The number of amides is 1. The molecule has 114 valence electrons. The minimum absolute atomic E-state index is 0.163. The zero-order valence-corrected chi connectivity index (χ0v) is 13.4. The van der Waals surface area contributed by atoms with Gasteiger partial charge in [-0.15, -0.1) is 0 Å². The van der Waals surface area contributed by atoms with Gasteiger partial charge < -0.3 is 11.1 Å². The van der Waals surface area contributed by atoms with Crippen LogP contribution in [0.15, 0.2) is 0 Å². The molecule has 4 nitrogen and oxygen atoms in total. The molecule has 19 heavy (non-hydrogen) atoms. The molecule has 0 aliphatic carbocycles. The highest BCUT2D eigenvalue weighted by Gasteiger charge is 2.13. The summed E-state index contributed by atoms with van der Waals surface area (Å²) in [6.45, 7) is 13.3. The number of hydrogen-bond acceptors (Lipinski definition) is 3. The maximum Gasteiger partial charge on any atom is 0.220 e. The highest BCUT2D eigenvalue weighted by atomic mass is 16.1. The quantitative estimate of drug-likeness (QED) is 0.639. The molecular weight excluding hydrogens is 238 g/mol. The van der Waals surface area contributed by atoms with Gasteiger partial charge in [-0.05, 0) is 53.0 Å². The Hall–Kier alpha value is -0.610. The Morgan fingerprint density at radius 3 is 2.16 bits per heavy atom. The highest BCUT2D eigenvalue weighted by molar-refractivity contribution is 5.75. The van der Waals surface area contributed by atoms with Gasteiger partial charge in [0.25, 0.3) is 0 Å². The third-order valence-corrected chi connectivity index (χ3v) is 3.54.